The summed E-state index contributed by atoms with van der Waals surface area (Å²) < 4.78 is 16.2. The molecule has 0 bridgehead atoms. The number of ether oxygens (including phenoxy) is 3. The molecule has 0 aliphatic heterocycles. The van der Waals surface area contributed by atoms with Gasteiger partial charge in [0, 0.05) is 5.56 Å². The molecule has 0 saturated carbocycles. The number of methoxy groups -OCH3 is 1. The molecule has 2 aromatic rings. The highest BCUT2D eigenvalue weighted by Gasteiger charge is 2.09. The van der Waals surface area contributed by atoms with Crippen molar-refractivity contribution in [1.82, 2.24) is 5.43 Å². The zero-order chi connectivity index (χ0) is 18.1. The van der Waals surface area contributed by atoms with Gasteiger partial charge in [0.1, 0.15) is 5.75 Å². The molecule has 7 heteroatoms. The van der Waals surface area contributed by atoms with Crippen LogP contribution in [0.1, 0.15) is 12.5 Å². The second-order valence-electron chi connectivity index (χ2n) is 4.82. The van der Waals surface area contributed by atoms with Crippen molar-refractivity contribution in [2.24, 2.45) is 5.10 Å². The molecule has 0 aliphatic rings. The van der Waals surface area contributed by atoms with Crippen LogP contribution in [0.4, 0.5) is 0 Å². The maximum atomic E-state index is 11.8. The summed E-state index contributed by atoms with van der Waals surface area (Å²) >= 11 is 5.96. The van der Waals surface area contributed by atoms with Gasteiger partial charge in [-0.2, -0.15) is 5.10 Å². The fourth-order valence-corrected chi connectivity index (χ4v) is 2.20. The lowest BCUT2D eigenvalue weighted by atomic mass is 10.2. The third-order valence-corrected chi connectivity index (χ3v) is 3.42. The number of hydrogen-bond acceptors (Lipinski definition) is 5. The van der Waals surface area contributed by atoms with Crippen molar-refractivity contribution in [2.45, 2.75) is 6.92 Å². The molecule has 0 aliphatic carbocycles. The number of carbonyl (C=O) groups excluding carboxylic acids is 1. The predicted molar refractivity (Wildman–Crippen MR) is 96.8 cm³/mol. The molecule has 1 amide bonds. The summed E-state index contributed by atoms with van der Waals surface area (Å²) in [6, 6.07) is 12.3. The van der Waals surface area contributed by atoms with Gasteiger partial charge in [-0.1, -0.05) is 29.8 Å². The lowest BCUT2D eigenvalue weighted by Gasteiger charge is -2.11. The fraction of sp³-hybridized carbons (Fsp3) is 0.222. The van der Waals surface area contributed by atoms with E-state index in [4.69, 9.17) is 25.8 Å². The number of amides is 1. The predicted octanol–water partition coefficient (Wildman–Crippen LogP) is 3.28. The Kier molecular flexibility index (Phi) is 7.10. The van der Waals surface area contributed by atoms with Crippen LogP contribution in [0.15, 0.2) is 47.6 Å². The van der Waals surface area contributed by atoms with Gasteiger partial charge in [-0.25, -0.2) is 5.43 Å². The van der Waals surface area contributed by atoms with Gasteiger partial charge < -0.3 is 14.2 Å². The van der Waals surface area contributed by atoms with E-state index in [1.54, 1.807) is 37.4 Å². The van der Waals surface area contributed by atoms with Crippen molar-refractivity contribution in [2.75, 3.05) is 20.3 Å². The van der Waals surface area contributed by atoms with Gasteiger partial charge in [-0.15, -0.1) is 0 Å². The van der Waals surface area contributed by atoms with Crippen molar-refractivity contribution in [3.8, 4) is 17.2 Å². The fourth-order valence-electron chi connectivity index (χ4n) is 2.01. The average molecular weight is 363 g/mol. The number of nitrogens with one attached hydrogen (secondary N) is 1. The molecule has 2 aromatic carbocycles. The minimum Gasteiger partial charge on any atom is -0.493 e. The maximum absolute atomic E-state index is 11.8. The Bertz CT molecular complexity index is 750. The van der Waals surface area contributed by atoms with Crippen LogP contribution in [0.2, 0.25) is 5.02 Å². The van der Waals surface area contributed by atoms with Gasteiger partial charge in [0.2, 0.25) is 0 Å². The van der Waals surface area contributed by atoms with Crippen LogP contribution in [0, 0.1) is 0 Å². The molecule has 25 heavy (non-hydrogen) atoms. The number of hydrazone groups is 1. The molecule has 2 rings (SSSR count). The van der Waals surface area contributed by atoms with Crippen LogP contribution in [0.25, 0.3) is 0 Å². The molecule has 0 radical (unpaired) electrons. The highest BCUT2D eigenvalue weighted by Crippen LogP contribution is 2.29. The molecule has 0 fully saturated rings. The summed E-state index contributed by atoms with van der Waals surface area (Å²) in [5.41, 5.74) is 3.08. The van der Waals surface area contributed by atoms with Crippen LogP contribution < -0.4 is 19.6 Å². The molecule has 1 N–H and O–H groups in total. The smallest absolute Gasteiger partial charge is 0.277 e. The molecular formula is C18H19ClN2O4. The van der Waals surface area contributed by atoms with Gasteiger partial charge in [0.25, 0.3) is 5.91 Å². The first kappa shape index (κ1) is 18.6. The maximum Gasteiger partial charge on any atom is 0.277 e. The largest absolute Gasteiger partial charge is 0.493 e. The highest BCUT2D eigenvalue weighted by molar-refractivity contribution is 6.32. The SMILES string of the molecule is CCOc1c(/C=N\NC(=O)COc2ccccc2Cl)cccc1OC. The number of nitrogens with zero attached hydrogens (tertiary/aromatic N) is 1. The molecule has 0 heterocycles. The zero-order valence-electron chi connectivity index (χ0n) is 14.0. The van der Waals surface area contributed by atoms with E-state index in [9.17, 15) is 4.79 Å². The summed E-state index contributed by atoms with van der Waals surface area (Å²) in [5, 5.41) is 4.36. The molecule has 0 atom stereocenters. The number of hydrogen-bond donors (Lipinski definition) is 1. The first-order chi connectivity index (χ1) is 12.2. The van der Waals surface area contributed by atoms with Crippen molar-refractivity contribution in [1.29, 1.82) is 0 Å². The molecular weight excluding hydrogens is 344 g/mol. The Morgan fingerprint density at radius 1 is 1.16 bits per heavy atom. The van der Waals surface area contributed by atoms with E-state index in [0.29, 0.717) is 34.4 Å². The van der Waals surface area contributed by atoms with E-state index >= 15 is 0 Å². The lowest BCUT2D eigenvalue weighted by Crippen LogP contribution is -2.24. The molecule has 0 aromatic heterocycles. The lowest BCUT2D eigenvalue weighted by molar-refractivity contribution is -0.123. The van der Waals surface area contributed by atoms with Gasteiger partial charge in [-0.05, 0) is 31.2 Å². The van der Waals surface area contributed by atoms with Crippen LogP contribution in [0.5, 0.6) is 17.2 Å². The van der Waals surface area contributed by atoms with E-state index in [0.717, 1.165) is 0 Å². The minimum absolute atomic E-state index is 0.197. The van der Waals surface area contributed by atoms with Crippen molar-refractivity contribution in [3.05, 3.63) is 53.1 Å². The Morgan fingerprint density at radius 2 is 1.92 bits per heavy atom. The summed E-state index contributed by atoms with van der Waals surface area (Å²) in [6.07, 6.45) is 1.49. The molecule has 0 saturated heterocycles. The van der Waals surface area contributed by atoms with Gasteiger partial charge >= 0.3 is 0 Å². The second-order valence-corrected chi connectivity index (χ2v) is 5.23. The third kappa shape index (κ3) is 5.39. The average Bonchev–Trinajstić information content (AvgIpc) is 2.62. The first-order valence-corrected chi connectivity index (χ1v) is 8.02. The van der Waals surface area contributed by atoms with Crippen LogP contribution in [-0.2, 0) is 4.79 Å². The van der Waals surface area contributed by atoms with E-state index in [1.165, 1.54) is 6.21 Å². The first-order valence-electron chi connectivity index (χ1n) is 7.64. The van der Waals surface area contributed by atoms with E-state index < -0.39 is 5.91 Å². The monoisotopic (exact) mass is 362 g/mol. The van der Waals surface area contributed by atoms with Crippen LogP contribution in [-0.4, -0.2) is 32.4 Å². The van der Waals surface area contributed by atoms with Crippen molar-refractivity contribution < 1.29 is 19.0 Å². The number of benzene rings is 2. The molecule has 6 nitrogen and oxygen atoms in total. The Hall–Kier alpha value is -2.73. The third-order valence-electron chi connectivity index (χ3n) is 3.11. The van der Waals surface area contributed by atoms with E-state index in [-0.39, 0.29) is 6.61 Å². The normalized spacial score (nSPS) is 10.5. The van der Waals surface area contributed by atoms with Gasteiger partial charge in [0.05, 0.1) is 25.0 Å². The number of rotatable bonds is 8. The van der Waals surface area contributed by atoms with Crippen LogP contribution >= 0.6 is 11.6 Å². The van der Waals surface area contributed by atoms with Crippen molar-refractivity contribution >= 4 is 23.7 Å². The zero-order valence-corrected chi connectivity index (χ0v) is 14.7. The molecule has 0 spiro atoms. The topological polar surface area (TPSA) is 69.2 Å². The van der Waals surface area contributed by atoms with Gasteiger partial charge in [0.15, 0.2) is 18.1 Å². The summed E-state index contributed by atoms with van der Waals surface area (Å²) in [7, 11) is 1.56. The Balaban J connectivity index is 1.94. The summed E-state index contributed by atoms with van der Waals surface area (Å²) in [5.74, 6) is 1.20. The Morgan fingerprint density at radius 3 is 2.64 bits per heavy atom. The van der Waals surface area contributed by atoms with E-state index in [1.807, 2.05) is 19.1 Å². The number of para-hydroxylation sites is 2. The standard InChI is InChI=1S/C18H19ClN2O4/c1-3-24-18-13(7-6-10-16(18)23-2)11-20-21-17(22)12-25-15-9-5-4-8-14(15)19/h4-11H,3,12H2,1-2H3,(H,21,22)/b20-11-. The molecule has 0 unspecified atom stereocenters. The van der Waals surface area contributed by atoms with Crippen molar-refractivity contribution in [3.63, 3.8) is 0 Å². The summed E-state index contributed by atoms with van der Waals surface area (Å²) in [6.45, 7) is 2.16. The second kappa shape index (κ2) is 9.54. The quantitative estimate of drug-likeness (QED) is 0.578. The van der Waals surface area contributed by atoms with Gasteiger partial charge in [-0.3, -0.25) is 4.79 Å². The Labute approximate surface area is 151 Å². The number of carbonyl (C=O) groups is 1. The molecule has 132 valence electrons. The number of halogens is 1. The highest BCUT2D eigenvalue weighted by atomic mass is 35.5. The minimum atomic E-state index is -0.406. The van der Waals surface area contributed by atoms with Crippen LogP contribution in [0.3, 0.4) is 0 Å². The van der Waals surface area contributed by atoms with E-state index in [2.05, 4.69) is 10.5 Å². The summed E-state index contributed by atoms with van der Waals surface area (Å²) in [4.78, 5) is 11.8.